The standard InChI is InChI=1S/C28H32N2O4S/c1-32-23-4-5-27-24(14-23)21(17-35-27)6-9-29-8-2-3-19(15-29)16-30-10-7-20-11-25-26(34-18-33-25)12-22(20)13-28(30)31/h4-5,11-12,14,17,19H,2-3,6-10,13,15-16,18H2,1H3. The Bertz CT molecular complexity index is 1240. The topological polar surface area (TPSA) is 51.2 Å². The molecule has 3 aliphatic rings. The maximum Gasteiger partial charge on any atom is 0.231 e. The van der Waals surface area contributed by atoms with Crippen molar-refractivity contribution in [3.8, 4) is 17.2 Å². The summed E-state index contributed by atoms with van der Waals surface area (Å²) in [5.41, 5.74) is 3.72. The van der Waals surface area contributed by atoms with E-state index in [1.54, 1.807) is 7.11 Å². The Morgan fingerprint density at radius 2 is 1.97 bits per heavy atom. The van der Waals surface area contributed by atoms with Gasteiger partial charge in [0.1, 0.15) is 5.75 Å². The molecule has 1 aromatic heterocycles. The molecule has 4 heterocycles. The summed E-state index contributed by atoms with van der Waals surface area (Å²) in [6, 6.07) is 10.4. The maximum absolute atomic E-state index is 13.1. The van der Waals surface area contributed by atoms with Gasteiger partial charge in [0.2, 0.25) is 12.7 Å². The van der Waals surface area contributed by atoms with Crippen molar-refractivity contribution in [3.63, 3.8) is 0 Å². The van der Waals surface area contributed by atoms with E-state index in [1.165, 1.54) is 34.1 Å². The number of carbonyl (C=O) groups is 1. The van der Waals surface area contributed by atoms with Crippen molar-refractivity contribution in [1.29, 1.82) is 0 Å². The van der Waals surface area contributed by atoms with Crippen LogP contribution in [0, 0.1) is 5.92 Å². The maximum atomic E-state index is 13.1. The van der Waals surface area contributed by atoms with Gasteiger partial charge < -0.3 is 24.0 Å². The minimum atomic E-state index is 0.235. The second-order valence-corrected chi connectivity index (χ2v) is 10.8. The first kappa shape index (κ1) is 22.7. The van der Waals surface area contributed by atoms with E-state index in [1.807, 2.05) is 23.5 Å². The van der Waals surface area contributed by atoms with Crippen molar-refractivity contribution in [2.24, 2.45) is 5.92 Å². The van der Waals surface area contributed by atoms with Gasteiger partial charge in [-0.05, 0) is 95.9 Å². The molecule has 0 bridgehead atoms. The summed E-state index contributed by atoms with van der Waals surface area (Å²) in [6.45, 7) is 5.18. The molecule has 0 aliphatic carbocycles. The zero-order valence-electron chi connectivity index (χ0n) is 20.3. The quantitative estimate of drug-likeness (QED) is 0.507. The number of rotatable bonds is 6. The van der Waals surface area contributed by atoms with Gasteiger partial charge in [0, 0.05) is 30.9 Å². The van der Waals surface area contributed by atoms with E-state index < -0.39 is 0 Å². The van der Waals surface area contributed by atoms with Crippen molar-refractivity contribution in [2.45, 2.75) is 32.1 Å². The summed E-state index contributed by atoms with van der Waals surface area (Å²) < 4.78 is 17.8. The van der Waals surface area contributed by atoms with Crippen LogP contribution in [-0.4, -0.2) is 62.3 Å². The summed E-state index contributed by atoms with van der Waals surface area (Å²) in [7, 11) is 1.73. The number of hydrogen-bond acceptors (Lipinski definition) is 6. The van der Waals surface area contributed by atoms with Crippen LogP contribution in [0.15, 0.2) is 35.7 Å². The minimum Gasteiger partial charge on any atom is -0.497 e. The Labute approximate surface area is 210 Å². The predicted octanol–water partition coefficient (Wildman–Crippen LogP) is 4.52. The zero-order chi connectivity index (χ0) is 23.8. The molecule has 6 rings (SSSR count). The number of benzene rings is 2. The summed E-state index contributed by atoms with van der Waals surface area (Å²) in [6.07, 6.45) is 4.78. The lowest BCUT2D eigenvalue weighted by molar-refractivity contribution is -0.131. The lowest BCUT2D eigenvalue weighted by Gasteiger charge is -2.35. The molecule has 1 atom stereocenters. The van der Waals surface area contributed by atoms with Crippen LogP contribution in [0.4, 0.5) is 0 Å². The van der Waals surface area contributed by atoms with E-state index in [0.29, 0.717) is 12.3 Å². The van der Waals surface area contributed by atoms with Crippen molar-refractivity contribution < 1.29 is 19.0 Å². The molecule has 7 heteroatoms. The highest BCUT2D eigenvalue weighted by Crippen LogP contribution is 2.36. The number of fused-ring (bicyclic) bond motifs is 3. The number of ether oxygens (including phenoxy) is 3. The average Bonchev–Trinajstić information content (AvgIpc) is 3.47. The predicted molar refractivity (Wildman–Crippen MR) is 138 cm³/mol. The van der Waals surface area contributed by atoms with E-state index in [9.17, 15) is 4.79 Å². The first-order valence-electron chi connectivity index (χ1n) is 12.6. The lowest BCUT2D eigenvalue weighted by Crippen LogP contribution is -2.43. The third kappa shape index (κ3) is 4.71. The molecule has 0 spiro atoms. The van der Waals surface area contributed by atoms with Crippen LogP contribution in [0.25, 0.3) is 10.1 Å². The van der Waals surface area contributed by atoms with Crippen LogP contribution in [0.5, 0.6) is 17.2 Å². The number of piperidine rings is 1. The highest BCUT2D eigenvalue weighted by atomic mass is 32.1. The number of carbonyl (C=O) groups excluding carboxylic acids is 1. The van der Waals surface area contributed by atoms with Gasteiger partial charge in [0.05, 0.1) is 13.5 Å². The fourth-order valence-corrected chi connectivity index (χ4v) is 6.72. The van der Waals surface area contributed by atoms with Gasteiger partial charge in [0.15, 0.2) is 11.5 Å². The van der Waals surface area contributed by atoms with Gasteiger partial charge in [-0.2, -0.15) is 0 Å². The van der Waals surface area contributed by atoms with Crippen molar-refractivity contribution in [1.82, 2.24) is 9.80 Å². The lowest BCUT2D eigenvalue weighted by atomic mass is 9.96. The molecular weight excluding hydrogens is 460 g/mol. The highest BCUT2D eigenvalue weighted by molar-refractivity contribution is 7.17. The molecule has 1 saturated heterocycles. The van der Waals surface area contributed by atoms with Crippen LogP contribution in [0.2, 0.25) is 0 Å². The normalized spacial score (nSPS) is 20.2. The van der Waals surface area contributed by atoms with E-state index in [-0.39, 0.29) is 12.7 Å². The molecule has 184 valence electrons. The van der Waals surface area contributed by atoms with Gasteiger partial charge in [-0.1, -0.05) is 0 Å². The molecule has 0 saturated carbocycles. The van der Waals surface area contributed by atoms with Crippen LogP contribution < -0.4 is 14.2 Å². The fraction of sp³-hybridized carbons (Fsp3) is 0.464. The van der Waals surface area contributed by atoms with Gasteiger partial charge in [-0.25, -0.2) is 0 Å². The number of amides is 1. The van der Waals surface area contributed by atoms with E-state index in [0.717, 1.165) is 68.4 Å². The van der Waals surface area contributed by atoms with E-state index in [2.05, 4.69) is 33.4 Å². The van der Waals surface area contributed by atoms with Crippen molar-refractivity contribution in [3.05, 3.63) is 52.4 Å². The third-order valence-electron chi connectivity index (χ3n) is 7.68. The van der Waals surface area contributed by atoms with Crippen LogP contribution in [0.1, 0.15) is 29.5 Å². The molecule has 6 nitrogen and oxygen atoms in total. The minimum absolute atomic E-state index is 0.235. The average molecular weight is 493 g/mol. The largest absolute Gasteiger partial charge is 0.497 e. The Hall–Kier alpha value is -2.77. The molecule has 1 amide bonds. The number of hydrogen-bond donors (Lipinski definition) is 0. The van der Waals surface area contributed by atoms with Gasteiger partial charge >= 0.3 is 0 Å². The van der Waals surface area contributed by atoms with Crippen LogP contribution >= 0.6 is 11.3 Å². The van der Waals surface area contributed by atoms with Crippen molar-refractivity contribution in [2.75, 3.05) is 46.6 Å². The van der Waals surface area contributed by atoms with E-state index in [4.69, 9.17) is 14.2 Å². The van der Waals surface area contributed by atoms with Gasteiger partial charge in [-0.3, -0.25) is 4.79 Å². The number of thiophene rings is 1. The summed E-state index contributed by atoms with van der Waals surface area (Å²) in [4.78, 5) is 17.8. The molecule has 2 aromatic carbocycles. The fourth-order valence-electron chi connectivity index (χ4n) is 5.75. The molecule has 3 aromatic rings. The molecular formula is C28H32N2O4S. The Morgan fingerprint density at radius 3 is 2.83 bits per heavy atom. The summed E-state index contributed by atoms with van der Waals surface area (Å²) >= 11 is 1.81. The van der Waals surface area contributed by atoms with Crippen LogP contribution in [-0.2, 0) is 24.1 Å². The molecule has 1 fully saturated rings. The zero-order valence-corrected chi connectivity index (χ0v) is 21.1. The van der Waals surface area contributed by atoms with Gasteiger partial charge in [-0.15, -0.1) is 11.3 Å². The SMILES string of the molecule is COc1ccc2scc(CCN3CCCC(CN4CCc5cc6c(cc5CC4=O)OCO6)C3)c2c1. The summed E-state index contributed by atoms with van der Waals surface area (Å²) in [5, 5.41) is 3.62. The second-order valence-electron chi connectivity index (χ2n) is 9.92. The number of methoxy groups -OCH3 is 1. The van der Waals surface area contributed by atoms with Crippen molar-refractivity contribution >= 4 is 27.3 Å². The Morgan fingerprint density at radius 1 is 1.11 bits per heavy atom. The monoisotopic (exact) mass is 492 g/mol. The molecule has 0 radical (unpaired) electrons. The Balaban J connectivity index is 1.06. The second kappa shape index (κ2) is 9.70. The summed E-state index contributed by atoms with van der Waals surface area (Å²) in [5.74, 6) is 3.27. The molecule has 0 N–H and O–H groups in total. The molecule has 1 unspecified atom stereocenters. The molecule has 35 heavy (non-hydrogen) atoms. The van der Waals surface area contributed by atoms with E-state index >= 15 is 0 Å². The highest BCUT2D eigenvalue weighted by Gasteiger charge is 2.28. The van der Waals surface area contributed by atoms with Gasteiger partial charge in [0.25, 0.3) is 0 Å². The third-order valence-corrected chi connectivity index (χ3v) is 8.69. The first-order valence-corrected chi connectivity index (χ1v) is 13.5. The first-order chi connectivity index (χ1) is 17.2. The van der Waals surface area contributed by atoms with Crippen LogP contribution in [0.3, 0.4) is 0 Å². The molecule has 3 aliphatic heterocycles. The smallest absolute Gasteiger partial charge is 0.231 e. The number of likely N-dealkylation sites (tertiary alicyclic amines) is 1. The Kier molecular flexibility index (Phi) is 6.29. The number of nitrogens with zero attached hydrogens (tertiary/aromatic N) is 2.